The van der Waals surface area contributed by atoms with Crippen molar-refractivity contribution in [2.45, 2.75) is 77.2 Å². The second-order valence-corrected chi connectivity index (χ2v) is 17.3. The average molecular weight is 918 g/mol. The van der Waals surface area contributed by atoms with Crippen LogP contribution in [0.25, 0.3) is 16.6 Å². The molecule has 2 amide bonds. The van der Waals surface area contributed by atoms with Crippen molar-refractivity contribution in [2.75, 3.05) is 78.5 Å². The Hall–Kier alpha value is -6.04. The fourth-order valence-corrected chi connectivity index (χ4v) is 9.32. The van der Waals surface area contributed by atoms with Crippen molar-refractivity contribution in [1.29, 1.82) is 0 Å². The predicted octanol–water partition coefficient (Wildman–Crippen LogP) is 6.50. The van der Waals surface area contributed by atoms with Gasteiger partial charge in [0.15, 0.2) is 6.61 Å². The molecule has 1 aromatic heterocycles. The molecule has 67 heavy (non-hydrogen) atoms. The Bertz CT molecular complexity index is 2480. The third-order valence-electron chi connectivity index (χ3n) is 12.7. The van der Waals surface area contributed by atoms with Crippen LogP contribution in [-0.4, -0.2) is 128 Å². The third kappa shape index (κ3) is 12.3. The standard InChI is InChI=1S/C51H63N7O9/c1-4-65-47-15-8-7-14-45(47)58-48(53-43-13-6-5-12-42(43)50(58)60)32-55-22-24-56(25-23-55)49(59)33-66-40-19-17-37(18-20-40)31-52-34-63-26-27-64-35-57-38-10-9-11-39(57)30-41(29-38)67-51(61)54-44-28-36(2)16-21-46(44)62-3/h5-8,12-21,28,38-39,41,52H,4,9-11,22-27,29-35H2,1-3H3,(H,54,61). The van der Waals surface area contributed by atoms with Gasteiger partial charge in [0.2, 0.25) is 0 Å². The van der Waals surface area contributed by atoms with E-state index in [1.165, 1.54) is 6.42 Å². The number of aromatic nitrogens is 2. The smallest absolute Gasteiger partial charge is 0.412 e. The van der Waals surface area contributed by atoms with Gasteiger partial charge < -0.3 is 33.3 Å². The number of para-hydroxylation sites is 3. The average Bonchev–Trinajstić information content (AvgIpc) is 3.33. The highest BCUT2D eigenvalue weighted by atomic mass is 16.6. The van der Waals surface area contributed by atoms with Gasteiger partial charge in [0.05, 0.1) is 69.2 Å². The Morgan fingerprint density at radius 3 is 2.36 bits per heavy atom. The summed E-state index contributed by atoms with van der Waals surface area (Å²) in [7, 11) is 1.58. The Morgan fingerprint density at radius 1 is 0.836 bits per heavy atom. The van der Waals surface area contributed by atoms with Gasteiger partial charge in [0.25, 0.3) is 11.5 Å². The number of hydrogen-bond donors (Lipinski definition) is 2. The van der Waals surface area contributed by atoms with Gasteiger partial charge in [-0.2, -0.15) is 0 Å². The minimum Gasteiger partial charge on any atom is -0.495 e. The van der Waals surface area contributed by atoms with Gasteiger partial charge >= 0.3 is 6.09 Å². The highest BCUT2D eigenvalue weighted by molar-refractivity contribution is 5.87. The summed E-state index contributed by atoms with van der Waals surface area (Å²) in [6.07, 6.45) is 4.27. The molecule has 356 valence electrons. The summed E-state index contributed by atoms with van der Waals surface area (Å²) in [4.78, 5) is 51.3. The molecule has 0 saturated carbocycles. The fraction of sp³-hybridized carbons (Fsp3) is 0.451. The van der Waals surface area contributed by atoms with Crippen LogP contribution in [-0.2, 0) is 32.1 Å². The fourth-order valence-electron chi connectivity index (χ4n) is 9.32. The first kappa shape index (κ1) is 47.5. The molecule has 3 aliphatic heterocycles. The number of hydrogen-bond acceptors (Lipinski definition) is 13. The van der Waals surface area contributed by atoms with Crippen LogP contribution < -0.4 is 30.4 Å². The molecular formula is C51H63N7O9. The van der Waals surface area contributed by atoms with Crippen molar-refractivity contribution in [3.05, 3.63) is 118 Å². The summed E-state index contributed by atoms with van der Waals surface area (Å²) in [5.74, 6) is 2.40. The van der Waals surface area contributed by atoms with Crippen LogP contribution in [0.15, 0.2) is 95.8 Å². The number of anilines is 1. The first-order valence-electron chi connectivity index (χ1n) is 23.4. The molecule has 4 heterocycles. The maximum Gasteiger partial charge on any atom is 0.412 e. The number of aryl methyl sites for hydroxylation is 1. The molecule has 0 spiro atoms. The van der Waals surface area contributed by atoms with Crippen molar-refractivity contribution in [2.24, 2.45) is 0 Å². The third-order valence-corrected chi connectivity index (χ3v) is 12.7. The Labute approximate surface area is 392 Å². The summed E-state index contributed by atoms with van der Waals surface area (Å²) in [5.41, 5.74) is 3.86. The zero-order valence-corrected chi connectivity index (χ0v) is 38.8. The van der Waals surface area contributed by atoms with Crippen LogP contribution in [0.1, 0.15) is 56.0 Å². The van der Waals surface area contributed by atoms with Crippen LogP contribution in [0, 0.1) is 6.92 Å². The molecule has 3 aliphatic rings. The maximum absolute atomic E-state index is 13.9. The van der Waals surface area contributed by atoms with E-state index in [-0.39, 0.29) is 24.2 Å². The van der Waals surface area contributed by atoms with Gasteiger partial charge in [0.1, 0.15) is 29.2 Å². The van der Waals surface area contributed by atoms with Crippen molar-refractivity contribution in [3.8, 4) is 22.9 Å². The monoisotopic (exact) mass is 917 g/mol. The molecule has 16 nitrogen and oxygen atoms in total. The second-order valence-electron chi connectivity index (χ2n) is 17.3. The lowest BCUT2D eigenvalue weighted by molar-refractivity contribution is -0.135. The number of benzene rings is 4. The molecule has 2 bridgehead atoms. The van der Waals surface area contributed by atoms with Crippen LogP contribution >= 0.6 is 0 Å². The number of piperazine rings is 1. The summed E-state index contributed by atoms with van der Waals surface area (Å²) in [6, 6.07) is 28.9. The van der Waals surface area contributed by atoms with Crippen molar-refractivity contribution in [3.63, 3.8) is 0 Å². The Balaban J connectivity index is 0.703. The predicted molar refractivity (Wildman–Crippen MR) is 255 cm³/mol. The number of fused-ring (bicyclic) bond motifs is 3. The molecule has 16 heteroatoms. The number of nitrogens with zero attached hydrogens (tertiary/aromatic N) is 5. The van der Waals surface area contributed by atoms with E-state index in [0.717, 1.165) is 36.8 Å². The lowest BCUT2D eigenvalue weighted by Crippen LogP contribution is -2.54. The number of amides is 2. The van der Waals surface area contributed by atoms with Crippen molar-refractivity contribution < 1.29 is 38.0 Å². The molecule has 3 fully saturated rings. The van der Waals surface area contributed by atoms with E-state index in [1.54, 1.807) is 17.7 Å². The van der Waals surface area contributed by atoms with E-state index < -0.39 is 6.09 Å². The molecule has 4 aromatic carbocycles. The van der Waals surface area contributed by atoms with Crippen LogP contribution in [0.3, 0.4) is 0 Å². The molecule has 2 atom stereocenters. The summed E-state index contributed by atoms with van der Waals surface area (Å²) >= 11 is 0. The van der Waals surface area contributed by atoms with Crippen molar-refractivity contribution in [1.82, 2.24) is 29.6 Å². The minimum absolute atomic E-state index is 0.0501. The molecular weight excluding hydrogens is 855 g/mol. The number of carbonyl (C=O) groups excluding carboxylic acids is 2. The highest BCUT2D eigenvalue weighted by Crippen LogP contribution is 2.36. The van der Waals surface area contributed by atoms with Crippen molar-refractivity contribution >= 4 is 28.6 Å². The molecule has 2 unspecified atom stereocenters. The topological polar surface area (TPSA) is 158 Å². The van der Waals surface area contributed by atoms with E-state index in [9.17, 15) is 14.4 Å². The number of ether oxygens (including phenoxy) is 6. The summed E-state index contributed by atoms with van der Waals surface area (Å²) < 4.78 is 36.6. The molecule has 5 aromatic rings. The zero-order chi connectivity index (χ0) is 46.5. The largest absolute Gasteiger partial charge is 0.495 e. The van der Waals surface area contributed by atoms with E-state index in [4.69, 9.17) is 33.4 Å². The first-order valence-corrected chi connectivity index (χ1v) is 23.4. The summed E-state index contributed by atoms with van der Waals surface area (Å²) in [5, 5.41) is 6.71. The van der Waals surface area contributed by atoms with Gasteiger partial charge in [-0.15, -0.1) is 0 Å². The zero-order valence-electron chi connectivity index (χ0n) is 38.8. The lowest BCUT2D eigenvalue weighted by atomic mass is 9.83. The number of nitrogens with one attached hydrogen (secondary N) is 2. The number of piperidine rings is 2. The van der Waals surface area contributed by atoms with Crippen LogP contribution in [0.4, 0.5) is 10.5 Å². The molecule has 3 saturated heterocycles. The molecule has 8 rings (SSSR count). The molecule has 2 N–H and O–H groups in total. The van der Waals surface area contributed by atoms with Gasteiger partial charge in [0, 0.05) is 57.6 Å². The van der Waals surface area contributed by atoms with E-state index in [0.29, 0.717) is 130 Å². The van der Waals surface area contributed by atoms with Gasteiger partial charge in [-0.05, 0) is 86.3 Å². The number of carbonyl (C=O) groups is 2. The van der Waals surface area contributed by atoms with Crippen LogP contribution in [0.5, 0.6) is 17.2 Å². The minimum atomic E-state index is -0.454. The van der Waals surface area contributed by atoms with E-state index in [1.807, 2.05) is 104 Å². The second kappa shape index (κ2) is 23.1. The van der Waals surface area contributed by atoms with Gasteiger partial charge in [-0.1, -0.05) is 48.9 Å². The Morgan fingerprint density at radius 2 is 1.58 bits per heavy atom. The maximum atomic E-state index is 13.9. The van der Waals surface area contributed by atoms with Gasteiger partial charge in [-0.3, -0.25) is 34.6 Å². The first-order chi connectivity index (χ1) is 32.8. The van der Waals surface area contributed by atoms with E-state index in [2.05, 4.69) is 20.4 Å². The SMILES string of the molecule is CCOc1ccccc1-n1c(CN2CCN(C(=O)COc3ccc(CNCOCCOCN4C5CCCC4CC(OC(=O)Nc4cc(C)ccc4OC)C5)cc3)CC2)nc2ccccc2c1=O. The Kier molecular flexibility index (Phi) is 16.4. The lowest BCUT2D eigenvalue weighted by Gasteiger charge is -2.48. The molecule has 0 aliphatic carbocycles. The normalized spacial score (nSPS) is 18.7. The highest BCUT2D eigenvalue weighted by Gasteiger charge is 2.40. The van der Waals surface area contributed by atoms with E-state index >= 15 is 0 Å². The number of rotatable bonds is 20. The quantitative estimate of drug-likeness (QED) is 0.0645. The number of methoxy groups -OCH3 is 1. The van der Waals surface area contributed by atoms with Gasteiger partial charge in [-0.25, -0.2) is 9.78 Å². The molecule has 0 radical (unpaired) electrons. The summed E-state index contributed by atoms with van der Waals surface area (Å²) in [6.45, 7) is 9.57. The van der Waals surface area contributed by atoms with Crippen LogP contribution in [0.2, 0.25) is 0 Å².